The fraction of sp³-hybridized carbons (Fsp3) is 1.00. The molecule has 0 unspecified atom stereocenters. The minimum absolute atomic E-state index is 0.0608. The highest BCUT2D eigenvalue weighted by atomic mass is 28.4. The third kappa shape index (κ3) is 2.03. The Morgan fingerprint density at radius 3 is 1.14 bits per heavy atom. The van der Waals surface area contributed by atoms with E-state index in [2.05, 4.69) is 20.8 Å². The maximum absolute atomic E-state index is 5.57. The molecule has 4 heteroatoms. The van der Waals surface area contributed by atoms with Gasteiger partial charge in [0.1, 0.15) is 0 Å². The van der Waals surface area contributed by atoms with E-state index in [1.807, 2.05) is 0 Å². The minimum Gasteiger partial charge on any atom is -0.377 e. The average Bonchev–Trinajstić information content (AvgIpc) is 2.27. The summed E-state index contributed by atoms with van der Waals surface area (Å²) in [4.78, 5) is 0. The van der Waals surface area contributed by atoms with Crippen molar-refractivity contribution in [2.75, 3.05) is 21.3 Å². The lowest BCUT2D eigenvalue weighted by atomic mass is 9.99. The summed E-state index contributed by atoms with van der Waals surface area (Å²) < 4.78 is 16.7. The highest BCUT2D eigenvalue weighted by Gasteiger charge is 2.56. The molecule has 86 valence electrons. The molecule has 0 aromatic carbocycles. The van der Waals surface area contributed by atoms with E-state index >= 15 is 0 Å². The fourth-order valence-electron chi connectivity index (χ4n) is 2.30. The van der Waals surface area contributed by atoms with E-state index in [-0.39, 0.29) is 5.04 Å². The van der Waals surface area contributed by atoms with Gasteiger partial charge in [-0.3, -0.25) is 0 Å². The van der Waals surface area contributed by atoms with Crippen molar-refractivity contribution in [1.82, 2.24) is 0 Å². The predicted molar refractivity (Wildman–Crippen MR) is 60.3 cm³/mol. The lowest BCUT2D eigenvalue weighted by Crippen LogP contribution is -2.54. The number of hydrogen-bond donors (Lipinski definition) is 0. The van der Waals surface area contributed by atoms with Crippen molar-refractivity contribution < 1.29 is 13.3 Å². The molecule has 0 aliphatic carbocycles. The third-order valence-corrected chi connectivity index (χ3v) is 7.46. The second kappa shape index (κ2) is 5.85. The zero-order valence-corrected chi connectivity index (χ0v) is 11.3. The molecule has 0 rings (SSSR count). The fourth-order valence-corrected chi connectivity index (χ4v) is 5.40. The molecule has 0 heterocycles. The summed E-state index contributed by atoms with van der Waals surface area (Å²) in [5, 5.41) is 0.0608. The molecular weight excluding hydrogens is 196 g/mol. The molecule has 0 aliphatic heterocycles. The van der Waals surface area contributed by atoms with Crippen molar-refractivity contribution in [3.05, 3.63) is 0 Å². The first-order valence-corrected chi connectivity index (χ1v) is 6.99. The van der Waals surface area contributed by atoms with E-state index in [0.29, 0.717) is 0 Å². The van der Waals surface area contributed by atoms with Crippen LogP contribution in [-0.2, 0) is 13.3 Å². The van der Waals surface area contributed by atoms with E-state index in [1.54, 1.807) is 21.3 Å². The van der Waals surface area contributed by atoms with E-state index in [4.69, 9.17) is 13.3 Å². The van der Waals surface area contributed by atoms with Gasteiger partial charge in [-0.15, -0.1) is 0 Å². The van der Waals surface area contributed by atoms with Crippen molar-refractivity contribution in [2.45, 2.75) is 45.1 Å². The molecule has 0 spiro atoms. The molecule has 0 bridgehead atoms. The molecule has 0 amide bonds. The molecular formula is C10H24O3Si. The van der Waals surface area contributed by atoms with Crippen LogP contribution >= 0.6 is 0 Å². The first-order valence-electron chi connectivity index (χ1n) is 5.27. The van der Waals surface area contributed by atoms with Crippen LogP contribution in [0.5, 0.6) is 0 Å². The van der Waals surface area contributed by atoms with Gasteiger partial charge in [0.25, 0.3) is 0 Å². The van der Waals surface area contributed by atoms with Crippen molar-refractivity contribution in [3.63, 3.8) is 0 Å². The molecule has 0 N–H and O–H groups in total. The van der Waals surface area contributed by atoms with Crippen molar-refractivity contribution in [2.24, 2.45) is 0 Å². The zero-order valence-electron chi connectivity index (χ0n) is 10.3. The number of rotatable bonds is 7. The van der Waals surface area contributed by atoms with Crippen LogP contribution in [0.2, 0.25) is 5.04 Å². The zero-order chi connectivity index (χ0) is 11.2. The van der Waals surface area contributed by atoms with E-state index in [0.717, 1.165) is 19.3 Å². The van der Waals surface area contributed by atoms with Gasteiger partial charge in [0.2, 0.25) is 0 Å². The molecule has 14 heavy (non-hydrogen) atoms. The standard InChI is InChI=1S/C10H24O3Si/c1-7-10(8-2,9-3)14(11-4,12-5)13-6/h7-9H2,1-6H3. The largest absolute Gasteiger partial charge is 0.506 e. The van der Waals surface area contributed by atoms with Gasteiger partial charge in [-0.05, 0) is 19.3 Å². The molecule has 0 saturated heterocycles. The van der Waals surface area contributed by atoms with Gasteiger partial charge in [-0.1, -0.05) is 20.8 Å². The van der Waals surface area contributed by atoms with Gasteiger partial charge in [-0.25, -0.2) is 0 Å². The molecule has 0 aromatic rings. The van der Waals surface area contributed by atoms with Crippen LogP contribution in [0.4, 0.5) is 0 Å². The Labute approximate surface area is 89.1 Å². The lowest BCUT2D eigenvalue weighted by molar-refractivity contribution is 0.0836. The normalized spacial score (nSPS) is 13.3. The Bertz CT molecular complexity index is 119. The first kappa shape index (κ1) is 14.1. The Kier molecular flexibility index (Phi) is 5.89. The summed E-state index contributed by atoms with van der Waals surface area (Å²) in [5.74, 6) is 0. The quantitative estimate of drug-likeness (QED) is 0.617. The second-order valence-corrected chi connectivity index (χ2v) is 6.91. The topological polar surface area (TPSA) is 27.7 Å². The number of hydrogen-bond acceptors (Lipinski definition) is 3. The van der Waals surface area contributed by atoms with Crippen molar-refractivity contribution >= 4 is 8.80 Å². The van der Waals surface area contributed by atoms with Crippen LogP contribution in [0.25, 0.3) is 0 Å². The van der Waals surface area contributed by atoms with E-state index < -0.39 is 8.80 Å². The van der Waals surface area contributed by atoms with Crippen LogP contribution < -0.4 is 0 Å². The molecule has 0 saturated carbocycles. The monoisotopic (exact) mass is 220 g/mol. The molecule has 0 radical (unpaired) electrons. The molecule has 3 nitrogen and oxygen atoms in total. The Morgan fingerprint density at radius 1 is 0.786 bits per heavy atom. The van der Waals surface area contributed by atoms with Gasteiger partial charge < -0.3 is 13.3 Å². The summed E-state index contributed by atoms with van der Waals surface area (Å²) >= 11 is 0. The van der Waals surface area contributed by atoms with Gasteiger partial charge in [-0.2, -0.15) is 0 Å². The maximum Gasteiger partial charge on any atom is 0.506 e. The average molecular weight is 220 g/mol. The smallest absolute Gasteiger partial charge is 0.377 e. The summed E-state index contributed by atoms with van der Waals surface area (Å²) in [5.41, 5.74) is 0. The summed E-state index contributed by atoms with van der Waals surface area (Å²) in [7, 11) is 2.57. The molecule has 0 aliphatic rings. The van der Waals surface area contributed by atoms with E-state index in [1.165, 1.54) is 0 Å². The van der Waals surface area contributed by atoms with Crippen molar-refractivity contribution in [3.8, 4) is 0 Å². The van der Waals surface area contributed by atoms with Gasteiger partial charge >= 0.3 is 8.80 Å². The van der Waals surface area contributed by atoms with Crippen LogP contribution in [0.15, 0.2) is 0 Å². The Balaban J connectivity index is 5.08. The minimum atomic E-state index is -2.50. The highest BCUT2D eigenvalue weighted by Crippen LogP contribution is 2.48. The Morgan fingerprint density at radius 2 is 1.07 bits per heavy atom. The second-order valence-electron chi connectivity index (χ2n) is 3.51. The third-order valence-electron chi connectivity index (χ3n) is 3.49. The van der Waals surface area contributed by atoms with Crippen LogP contribution in [0.1, 0.15) is 40.0 Å². The predicted octanol–water partition coefficient (Wildman–Crippen LogP) is 2.83. The van der Waals surface area contributed by atoms with Gasteiger partial charge in [0.15, 0.2) is 0 Å². The molecule has 0 atom stereocenters. The summed E-state index contributed by atoms with van der Waals surface area (Å²) in [6.07, 6.45) is 3.09. The summed E-state index contributed by atoms with van der Waals surface area (Å²) in [6, 6.07) is 0. The van der Waals surface area contributed by atoms with Crippen LogP contribution in [-0.4, -0.2) is 30.1 Å². The summed E-state index contributed by atoms with van der Waals surface area (Å²) in [6.45, 7) is 6.52. The van der Waals surface area contributed by atoms with Gasteiger partial charge in [0, 0.05) is 26.4 Å². The molecule has 0 aromatic heterocycles. The lowest BCUT2D eigenvalue weighted by Gasteiger charge is -2.42. The highest BCUT2D eigenvalue weighted by molar-refractivity contribution is 6.64. The SMILES string of the molecule is CCC(CC)(CC)[Si](OC)(OC)OC. The first-order chi connectivity index (χ1) is 6.61. The van der Waals surface area contributed by atoms with Crippen molar-refractivity contribution in [1.29, 1.82) is 0 Å². The van der Waals surface area contributed by atoms with Gasteiger partial charge in [0.05, 0.1) is 0 Å². The van der Waals surface area contributed by atoms with Crippen LogP contribution in [0, 0.1) is 0 Å². The van der Waals surface area contributed by atoms with E-state index in [9.17, 15) is 0 Å². The molecule has 0 fully saturated rings. The Hall–Kier alpha value is 0.0969. The maximum atomic E-state index is 5.57. The van der Waals surface area contributed by atoms with Crippen LogP contribution in [0.3, 0.4) is 0 Å².